The Morgan fingerprint density at radius 1 is 0.848 bits per heavy atom. The fourth-order valence-corrected chi connectivity index (χ4v) is 3.63. The molecule has 0 fully saturated rings. The number of carboxylic acid groups (broad SMARTS) is 1. The molecule has 0 radical (unpaired) electrons. The van der Waals surface area contributed by atoms with Crippen LogP contribution < -0.4 is 10.6 Å². The molecule has 4 aromatic rings. The number of nitrogens with one attached hydrogen (secondary N) is 2. The second-order valence-corrected chi connectivity index (χ2v) is 7.78. The molecule has 5 heteroatoms. The van der Waals surface area contributed by atoms with Crippen molar-refractivity contribution in [3.63, 3.8) is 0 Å². The third kappa shape index (κ3) is 5.46. The van der Waals surface area contributed by atoms with Crippen molar-refractivity contribution in [3.8, 4) is 0 Å². The Hall–Kier alpha value is -4.38. The van der Waals surface area contributed by atoms with Gasteiger partial charge in [-0.25, -0.2) is 4.79 Å². The minimum atomic E-state index is -1.10. The Balaban J connectivity index is 1.53. The van der Waals surface area contributed by atoms with E-state index in [-0.39, 0.29) is 17.2 Å². The van der Waals surface area contributed by atoms with Crippen molar-refractivity contribution < 1.29 is 14.7 Å². The van der Waals surface area contributed by atoms with Crippen LogP contribution in [0.25, 0.3) is 16.3 Å². The SMILES string of the molecule is CC(=CC(=O)Nc1cc(NCc2ccccc2)ccc1C(=O)O)c1ccc2ccccc2c1. The quantitative estimate of drug-likeness (QED) is 0.302. The fraction of sp³-hybridized carbons (Fsp3) is 0.0714. The van der Waals surface area contributed by atoms with E-state index in [1.807, 2.05) is 79.7 Å². The average molecular weight is 437 g/mol. The van der Waals surface area contributed by atoms with Gasteiger partial charge in [-0.3, -0.25) is 4.79 Å². The summed E-state index contributed by atoms with van der Waals surface area (Å²) in [6, 6.07) is 28.7. The van der Waals surface area contributed by atoms with Crippen LogP contribution in [0.5, 0.6) is 0 Å². The molecule has 1 amide bonds. The van der Waals surface area contributed by atoms with Crippen molar-refractivity contribution in [2.45, 2.75) is 13.5 Å². The predicted molar refractivity (Wildman–Crippen MR) is 133 cm³/mol. The Morgan fingerprint density at radius 3 is 2.33 bits per heavy atom. The van der Waals surface area contributed by atoms with Crippen LogP contribution in [0.1, 0.15) is 28.4 Å². The van der Waals surface area contributed by atoms with Gasteiger partial charge in [0, 0.05) is 18.3 Å². The highest BCUT2D eigenvalue weighted by Gasteiger charge is 2.13. The van der Waals surface area contributed by atoms with Gasteiger partial charge in [0.25, 0.3) is 0 Å². The maximum absolute atomic E-state index is 12.7. The van der Waals surface area contributed by atoms with Gasteiger partial charge in [0.05, 0.1) is 11.3 Å². The monoisotopic (exact) mass is 436 g/mol. The number of allylic oxidation sites excluding steroid dienone is 1. The first-order chi connectivity index (χ1) is 16.0. The van der Waals surface area contributed by atoms with Gasteiger partial charge >= 0.3 is 5.97 Å². The van der Waals surface area contributed by atoms with Gasteiger partial charge in [0.1, 0.15) is 0 Å². The van der Waals surface area contributed by atoms with Gasteiger partial charge in [-0.1, -0.05) is 66.7 Å². The first kappa shape index (κ1) is 21.8. The van der Waals surface area contributed by atoms with E-state index in [1.165, 1.54) is 12.1 Å². The van der Waals surface area contributed by atoms with Crippen LogP contribution in [0.15, 0.2) is 97.1 Å². The maximum atomic E-state index is 12.7. The molecular formula is C28H24N2O3. The highest BCUT2D eigenvalue weighted by atomic mass is 16.4. The molecule has 5 nitrogen and oxygen atoms in total. The first-order valence-electron chi connectivity index (χ1n) is 10.6. The summed E-state index contributed by atoms with van der Waals surface area (Å²) in [6.45, 7) is 2.45. The van der Waals surface area contributed by atoms with Crippen LogP contribution in [-0.2, 0) is 11.3 Å². The highest BCUT2D eigenvalue weighted by Crippen LogP contribution is 2.24. The van der Waals surface area contributed by atoms with E-state index < -0.39 is 5.97 Å². The lowest BCUT2D eigenvalue weighted by molar-refractivity contribution is -0.111. The summed E-state index contributed by atoms with van der Waals surface area (Å²) >= 11 is 0. The summed E-state index contributed by atoms with van der Waals surface area (Å²) in [7, 11) is 0. The second kappa shape index (κ2) is 9.83. The lowest BCUT2D eigenvalue weighted by Gasteiger charge is -2.12. The number of benzene rings is 4. The van der Waals surface area contributed by atoms with Crippen molar-refractivity contribution in [2.75, 3.05) is 10.6 Å². The molecular weight excluding hydrogens is 412 g/mol. The van der Waals surface area contributed by atoms with Gasteiger partial charge in [0.15, 0.2) is 0 Å². The summed E-state index contributed by atoms with van der Waals surface area (Å²) in [5, 5.41) is 17.8. The van der Waals surface area contributed by atoms with Crippen molar-refractivity contribution >= 4 is 39.6 Å². The summed E-state index contributed by atoms with van der Waals surface area (Å²) in [5.41, 5.74) is 3.81. The molecule has 0 aliphatic heterocycles. The molecule has 3 N–H and O–H groups in total. The molecule has 0 unspecified atom stereocenters. The van der Waals surface area contributed by atoms with Crippen molar-refractivity contribution in [1.29, 1.82) is 0 Å². The van der Waals surface area contributed by atoms with E-state index in [9.17, 15) is 14.7 Å². The third-order valence-corrected chi connectivity index (χ3v) is 5.40. The van der Waals surface area contributed by atoms with Crippen LogP contribution in [0, 0.1) is 0 Å². The first-order valence-corrected chi connectivity index (χ1v) is 10.6. The second-order valence-electron chi connectivity index (χ2n) is 7.78. The smallest absolute Gasteiger partial charge is 0.337 e. The molecule has 0 saturated carbocycles. The average Bonchev–Trinajstić information content (AvgIpc) is 2.83. The fourth-order valence-electron chi connectivity index (χ4n) is 3.63. The predicted octanol–water partition coefficient (Wildman–Crippen LogP) is 6.19. The molecule has 0 atom stereocenters. The summed E-state index contributed by atoms with van der Waals surface area (Å²) in [4.78, 5) is 24.4. The van der Waals surface area contributed by atoms with Crippen LogP contribution in [0.4, 0.5) is 11.4 Å². The molecule has 0 heterocycles. The number of fused-ring (bicyclic) bond motifs is 1. The number of carboxylic acids is 1. The van der Waals surface area contributed by atoms with E-state index in [4.69, 9.17) is 0 Å². The number of rotatable bonds is 7. The number of anilines is 2. The molecule has 0 spiro atoms. The van der Waals surface area contributed by atoms with Gasteiger partial charge in [0.2, 0.25) is 5.91 Å². The zero-order valence-electron chi connectivity index (χ0n) is 18.2. The van der Waals surface area contributed by atoms with E-state index >= 15 is 0 Å². The van der Waals surface area contributed by atoms with Gasteiger partial charge in [-0.05, 0) is 58.7 Å². The molecule has 0 aliphatic rings. The van der Waals surface area contributed by atoms with Gasteiger partial charge in [-0.15, -0.1) is 0 Å². The van der Waals surface area contributed by atoms with E-state index in [1.54, 1.807) is 12.1 Å². The zero-order chi connectivity index (χ0) is 23.2. The third-order valence-electron chi connectivity index (χ3n) is 5.40. The molecule has 33 heavy (non-hydrogen) atoms. The number of hydrogen-bond donors (Lipinski definition) is 3. The minimum Gasteiger partial charge on any atom is -0.478 e. The van der Waals surface area contributed by atoms with Crippen LogP contribution in [-0.4, -0.2) is 17.0 Å². The molecule has 0 saturated heterocycles. The summed E-state index contributed by atoms with van der Waals surface area (Å²) < 4.78 is 0. The van der Waals surface area contributed by atoms with Crippen molar-refractivity contribution in [3.05, 3.63) is 114 Å². The highest BCUT2D eigenvalue weighted by molar-refractivity contribution is 6.08. The van der Waals surface area contributed by atoms with E-state index in [2.05, 4.69) is 10.6 Å². The Bertz CT molecular complexity index is 1340. The molecule has 164 valence electrons. The Labute approximate surface area is 192 Å². The zero-order valence-corrected chi connectivity index (χ0v) is 18.2. The largest absolute Gasteiger partial charge is 0.478 e. The molecule has 0 aromatic heterocycles. The van der Waals surface area contributed by atoms with Gasteiger partial charge < -0.3 is 15.7 Å². The standard InChI is InChI=1S/C28H24N2O3/c1-19(22-12-11-21-9-5-6-10-23(21)16-22)15-27(31)30-26-17-24(13-14-25(26)28(32)33)29-18-20-7-3-2-4-8-20/h2-17,29H,18H2,1H3,(H,30,31)(H,32,33). The lowest BCUT2D eigenvalue weighted by atomic mass is 10.0. The van der Waals surface area contributed by atoms with E-state index in [0.29, 0.717) is 6.54 Å². The number of amides is 1. The number of hydrogen-bond acceptors (Lipinski definition) is 3. The summed E-state index contributed by atoms with van der Waals surface area (Å²) in [5.74, 6) is -1.49. The summed E-state index contributed by atoms with van der Waals surface area (Å²) in [6.07, 6.45) is 1.49. The minimum absolute atomic E-state index is 0.0327. The molecule has 4 rings (SSSR count). The Kier molecular flexibility index (Phi) is 6.51. The van der Waals surface area contributed by atoms with Crippen LogP contribution >= 0.6 is 0 Å². The maximum Gasteiger partial charge on any atom is 0.337 e. The topological polar surface area (TPSA) is 78.4 Å². The van der Waals surface area contributed by atoms with Crippen LogP contribution in [0.2, 0.25) is 0 Å². The lowest BCUT2D eigenvalue weighted by Crippen LogP contribution is -2.13. The number of aromatic carboxylic acids is 1. The van der Waals surface area contributed by atoms with Crippen LogP contribution in [0.3, 0.4) is 0 Å². The van der Waals surface area contributed by atoms with Crippen molar-refractivity contribution in [1.82, 2.24) is 0 Å². The van der Waals surface area contributed by atoms with Gasteiger partial charge in [-0.2, -0.15) is 0 Å². The Morgan fingerprint density at radius 2 is 1.58 bits per heavy atom. The number of carbonyl (C=O) groups is 2. The molecule has 0 bridgehead atoms. The number of carbonyl (C=O) groups excluding carboxylic acids is 1. The normalized spacial score (nSPS) is 11.2. The van der Waals surface area contributed by atoms with Crippen molar-refractivity contribution in [2.24, 2.45) is 0 Å². The molecule has 0 aliphatic carbocycles. The van der Waals surface area contributed by atoms with E-state index in [0.717, 1.165) is 33.2 Å². The molecule has 4 aromatic carbocycles.